The number of esters is 1. The van der Waals surface area contributed by atoms with E-state index in [1.807, 2.05) is 0 Å². The van der Waals surface area contributed by atoms with Gasteiger partial charge in [0, 0.05) is 12.2 Å². The number of primary sulfonamides is 1. The third-order valence-electron chi connectivity index (χ3n) is 4.33. The fourth-order valence-electron chi connectivity index (χ4n) is 2.99. The van der Waals surface area contributed by atoms with Crippen molar-refractivity contribution >= 4 is 43.5 Å². The molecule has 0 aliphatic carbocycles. The van der Waals surface area contributed by atoms with Crippen LogP contribution < -0.4 is 10.0 Å². The van der Waals surface area contributed by atoms with Crippen LogP contribution in [0.2, 0.25) is 0 Å². The highest BCUT2D eigenvalue weighted by Gasteiger charge is 2.27. The summed E-state index contributed by atoms with van der Waals surface area (Å²) in [6, 6.07) is 7.38. The average molecular weight is 469 g/mol. The van der Waals surface area contributed by atoms with Gasteiger partial charge in [-0.1, -0.05) is 0 Å². The van der Waals surface area contributed by atoms with Gasteiger partial charge >= 0.3 is 5.97 Å². The Balaban J connectivity index is 1.72. The van der Waals surface area contributed by atoms with Crippen molar-refractivity contribution in [3.8, 4) is 5.75 Å². The lowest BCUT2D eigenvalue weighted by Crippen LogP contribution is -2.33. The van der Waals surface area contributed by atoms with Gasteiger partial charge in [0.25, 0.3) is 5.91 Å². The van der Waals surface area contributed by atoms with E-state index in [-0.39, 0.29) is 16.2 Å². The van der Waals surface area contributed by atoms with E-state index in [4.69, 9.17) is 9.88 Å². The molecule has 1 heterocycles. The molecule has 2 aromatic carbocycles. The van der Waals surface area contributed by atoms with Crippen LogP contribution in [0.4, 0.5) is 5.69 Å². The van der Waals surface area contributed by atoms with Crippen LogP contribution in [0, 0.1) is 6.92 Å². The van der Waals surface area contributed by atoms with Crippen LogP contribution in [-0.2, 0) is 26.0 Å². The number of nitrogens with two attached hydrogens (primary N) is 1. The molecule has 8 nitrogen and oxygen atoms in total. The largest absolute Gasteiger partial charge is 0.506 e. The Bertz CT molecular complexity index is 1080. The number of nitrogens with zero attached hydrogens (tertiary/aromatic N) is 1. The Hall–Kier alpha value is -2.43. The maximum atomic E-state index is 12.5. The molecule has 0 saturated carbocycles. The number of hydrogen-bond acceptors (Lipinski definition) is 6. The van der Waals surface area contributed by atoms with Gasteiger partial charge in [-0.2, -0.15) is 0 Å². The van der Waals surface area contributed by atoms with E-state index in [1.54, 1.807) is 13.0 Å². The van der Waals surface area contributed by atoms with Gasteiger partial charge in [-0.3, -0.25) is 4.79 Å². The molecular weight excluding hydrogens is 452 g/mol. The number of phenolic OH excluding ortho intramolecular Hbond substituents is 1. The van der Waals surface area contributed by atoms with Crippen molar-refractivity contribution in [3.63, 3.8) is 0 Å². The normalized spacial score (nSPS) is 13.3. The Kier molecular flexibility index (Phi) is 5.46. The van der Waals surface area contributed by atoms with Crippen LogP contribution in [0.25, 0.3) is 0 Å². The molecule has 0 atom stereocenters. The smallest absolute Gasteiger partial charge is 0.342 e. The van der Waals surface area contributed by atoms with Gasteiger partial charge in [0.15, 0.2) is 6.61 Å². The number of aromatic hydroxyl groups is 1. The second-order valence-corrected chi connectivity index (χ2v) is 8.77. The van der Waals surface area contributed by atoms with Crippen molar-refractivity contribution in [2.24, 2.45) is 5.14 Å². The molecule has 0 spiro atoms. The van der Waals surface area contributed by atoms with Gasteiger partial charge in [0.05, 0.1) is 9.37 Å². The number of amides is 1. The minimum Gasteiger partial charge on any atom is -0.506 e. The maximum Gasteiger partial charge on any atom is 0.342 e. The Morgan fingerprint density at radius 1 is 1.29 bits per heavy atom. The summed E-state index contributed by atoms with van der Waals surface area (Å²) in [5, 5.41) is 15.1. The monoisotopic (exact) mass is 468 g/mol. The van der Waals surface area contributed by atoms with Crippen molar-refractivity contribution < 1.29 is 27.9 Å². The Morgan fingerprint density at radius 3 is 2.68 bits per heavy atom. The van der Waals surface area contributed by atoms with E-state index in [0.29, 0.717) is 28.7 Å². The molecule has 2 aromatic rings. The number of sulfonamides is 1. The Morgan fingerprint density at radius 2 is 2.00 bits per heavy atom. The summed E-state index contributed by atoms with van der Waals surface area (Å²) in [6.07, 6.45) is 0.462. The molecule has 1 amide bonds. The van der Waals surface area contributed by atoms with Crippen LogP contribution in [0.5, 0.6) is 5.75 Å². The van der Waals surface area contributed by atoms with E-state index in [0.717, 1.165) is 5.56 Å². The van der Waals surface area contributed by atoms with E-state index >= 15 is 0 Å². The fraction of sp³-hybridized carbons (Fsp3) is 0.222. The zero-order valence-corrected chi connectivity index (χ0v) is 17.2. The number of halogens is 1. The molecule has 1 aliphatic heterocycles. The quantitative estimate of drug-likeness (QED) is 0.659. The number of ether oxygens (including phenoxy) is 1. The van der Waals surface area contributed by atoms with Crippen LogP contribution in [-0.4, -0.2) is 38.6 Å². The number of carbonyl (C=O) groups is 2. The topological polar surface area (TPSA) is 127 Å². The predicted molar refractivity (Wildman–Crippen MR) is 105 cm³/mol. The molecule has 28 heavy (non-hydrogen) atoms. The minimum absolute atomic E-state index is 0.0209. The van der Waals surface area contributed by atoms with Crippen molar-refractivity contribution in [3.05, 3.63) is 51.5 Å². The lowest BCUT2D eigenvalue weighted by Gasteiger charge is -2.17. The van der Waals surface area contributed by atoms with Gasteiger partial charge in [-0.25, -0.2) is 18.4 Å². The minimum atomic E-state index is -3.83. The van der Waals surface area contributed by atoms with Crippen molar-refractivity contribution in [1.82, 2.24) is 0 Å². The van der Waals surface area contributed by atoms with Crippen molar-refractivity contribution in [2.75, 3.05) is 18.1 Å². The SMILES string of the molecule is Cc1cc(Br)c(O)c(C(=O)OCC(=O)N2CCc3cc(S(N)(=O)=O)ccc32)c1. The Labute approximate surface area is 170 Å². The molecule has 1 aliphatic rings. The summed E-state index contributed by atoms with van der Waals surface area (Å²) in [6.45, 7) is 1.57. The van der Waals surface area contributed by atoms with Gasteiger partial charge in [0.2, 0.25) is 10.0 Å². The molecule has 3 rings (SSSR count). The van der Waals surface area contributed by atoms with Crippen LogP contribution in [0.15, 0.2) is 39.7 Å². The van der Waals surface area contributed by atoms with Crippen molar-refractivity contribution in [1.29, 1.82) is 0 Å². The molecule has 3 N–H and O–H groups in total. The second kappa shape index (κ2) is 7.53. The lowest BCUT2D eigenvalue weighted by atomic mass is 10.1. The summed E-state index contributed by atoms with van der Waals surface area (Å²) in [7, 11) is -3.83. The van der Waals surface area contributed by atoms with Crippen LogP contribution in [0.1, 0.15) is 21.5 Å². The number of anilines is 1. The van der Waals surface area contributed by atoms with E-state index < -0.39 is 28.5 Å². The highest BCUT2D eigenvalue weighted by atomic mass is 79.9. The van der Waals surface area contributed by atoms with E-state index in [1.165, 1.54) is 29.2 Å². The molecule has 0 saturated heterocycles. The van der Waals surface area contributed by atoms with E-state index in [2.05, 4.69) is 15.9 Å². The number of rotatable bonds is 4. The molecule has 0 unspecified atom stereocenters. The first-order valence-corrected chi connectivity index (χ1v) is 10.5. The summed E-state index contributed by atoms with van der Waals surface area (Å²) in [4.78, 5) is 26.1. The van der Waals surface area contributed by atoms with Gasteiger partial charge in [0.1, 0.15) is 11.3 Å². The molecule has 10 heteroatoms. The fourth-order valence-corrected chi connectivity index (χ4v) is 4.13. The zero-order chi connectivity index (χ0) is 20.6. The number of benzene rings is 2. The third-order valence-corrected chi connectivity index (χ3v) is 5.85. The van der Waals surface area contributed by atoms with Gasteiger partial charge < -0.3 is 14.7 Å². The lowest BCUT2D eigenvalue weighted by molar-refractivity contribution is -0.121. The first-order chi connectivity index (χ1) is 13.1. The number of phenols is 1. The number of carbonyl (C=O) groups excluding carboxylic acids is 2. The van der Waals surface area contributed by atoms with Gasteiger partial charge in [-0.15, -0.1) is 0 Å². The molecule has 0 fully saturated rings. The third kappa shape index (κ3) is 4.03. The first kappa shape index (κ1) is 20.3. The number of hydrogen-bond donors (Lipinski definition) is 2. The number of fused-ring (bicyclic) bond motifs is 1. The predicted octanol–water partition coefficient (Wildman–Crippen LogP) is 1.86. The van der Waals surface area contributed by atoms with E-state index in [9.17, 15) is 23.1 Å². The highest BCUT2D eigenvalue weighted by Crippen LogP contribution is 2.31. The average Bonchev–Trinajstić information content (AvgIpc) is 3.05. The number of aryl methyl sites for hydroxylation is 1. The highest BCUT2D eigenvalue weighted by molar-refractivity contribution is 9.10. The van der Waals surface area contributed by atoms with Gasteiger partial charge in [-0.05, 0) is 70.7 Å². The molecule has 0 radical (unpaired) electrons. The summed E-state index contributed by atoms with van der Waals surface area (Å²) in [5.41, 5.74) is 1.92. The molecular formula is C18H17BrN2O6S. The molecule has 0 bridgehead atoms. The molecule has 0 aromatic heterocycles. The van der Waals surface area contributed by atoms with Crippen LogP contribution >= 0.6 is 15.9 Å². The second-order valence-electron chi connectivity index (χ2n) is 6.35. The van der Waals surface area contributed by atoms with Crippen LogP contribution in [0.3, 0.4) is 0 Å². The van der Waals surface area contributed by atoms with Crippen molar-refractivity contribution in [2.45, 2.75) is 18.2 Å². The first-order valence-electron chi connectivity index (χ1n) is 8.20. The standard InChI is InChI=1S/C18H17BrN2O6S/c1-10-6-13(17(23)14(19)7-10)18(24)27-9-16(22)21-5-4-11-8-12(28(20,25)26)2-3-15(11)21/h2-3,6-8,23H,4-5,9H2,1H3,(H2,20,25,26). The maximum absolute atomic E-state index is 12.5. The molecule has 148 valence electrons. The summed E-state index contributed by atoms with van der Waals surface area (Å²) in [5.74, 6) is -1.54. The zero-order valence-electron chi connectivity index (χ0n) is 14.8. The summed E-state index contributed by atoms with van der Waals surface area (Å²) < 4.78 is 28.3. The summed E-state index contributed by atoms with van der Waals surface area (Å²) >= 11 is 3.15.